The Morgan fingerprint density at radius 1 is 1.75 bits per heavy atom. The van der Waals surface area contributed by atoms with Gasteiger partial charge in [0.05, 0.1) is 6.61 Å². The molecule has 0 spiro atoms. The first kappa shape index (κ1) is 13.0. The molecule has 16 heavy (non-hydrogen) atoms. The fourth-order valence-corrected chi connectivity index (χ4v) is 1.58. The zero-order valence-electron chi connectivity index (χ0n) is 9.16. The molecule has 1 aromatic rings. The molecule has 90 valence electrons. The topological polar surface area (TPSA) is 90.4 Å². The molecule has 0 amide bonds. The van der Waals surface area contributed by atoms with E-state index in [0.717, 1.165) is 0 Å². The van der Waals surface area contributed by atoms with E-state index in [-0.39, 0.29) is 17.9 Å². The largest absolute Gasteiger partial charge is 0.393 e. The van der Waals surface area contributed by atoms with Crippen LogP contribution in [0.2, 0.25) is 0 Å². The van der Waals surface area contributed by atoms with Crippen LogP contribution in [0.5, 0.6) is 0 Å². The van der Waals surface area contributed by atoms with E-state index >= 15 is 0 Å². The zero-order chi connectivity index (χ0) is 12.1. The Kier molecular flexibility index (Phi) is 4.78. The highest BCUT2D eigenvalue weighted by Crippen LogP contribution is 2.15. The molecule has 0 aliphatic carbocycles. The van der Waals surface area contributed by atoms with Gasteiger partial charge in [-0.15, -0.1) is 11.8 Å². The van der Waals surface area contributed by atoms with Crippen molar-refractivity contribution in [3.63, 3.8) is 0 Å². The number of anilines is 1. The van der Waals surface area contributed by atoms with Crippen LogP contribution in [0.15, 0.2) is 17.1 Å². The summed E-state index contributed by atoms with van der Waals surface area (Å²) in [6.45, 7) is 1.60. The van der Waals surface area contributed by atoms with Crippen molar-refractivity contribution >= 4 is 17.6 Å². The number of nitrogens with zero attached hydrogens (tertiary/aromatic N) is 2. The van der Waals surface area contributed by atoms with Crippen LogP contribution < -0.4 is 11.4 Å². The van der Waals surface area contributed by atoms with Gasteiger partial charge < -0.3 is 15.6 Å². The number of aliphatic hydroxyl groups is 1. The summed E-state index contributed by atoms with van der Waals surface area (Å²) in [6, 6.07) is 1.52. The number of hydrogen-bond acceptors (Lipinski definition) is 6. The first-order valence-electron chi connectivity index (χ1n) is 4.72. The van der Waals surface area contributed by atoms with Crippen LogP contribution in [0.25, 0.3) is 0 Å². The normalized spacial score (nSPS) is 14.7. The SMILES string of the molecule is CSC(CO)OC(C)n1ccc(N)nc1=O. The summed E-state index contributed by atoms with van der Waals surface area (Å²) in [7, 11) is 0. The van der Waals surface area contributed by atoms with Gasteiger partial charge in [0.25, 0.3) is 0 Å². The fraction of sp³-hybridized carbons (Fsp3) is 0.556. The van der Waals surface area contributed by atoms with Crippen molar-refractivity contribution in [3.05, 3.63) is 22.7 Å². The molecule has 0 aliphatic rings. The van der Waals surface area contributed by atoms with Crippen molar-refractivity contribution in [2.75, 3.05) is 18.6 Å². The average Bonchev–Trinajstić information content (AvgIpc) is 2.25. The predicted octanol–water partition coefficient (Wildman–Crippen LogP) is 0.0420. The van der Waals surface area contributed by atoms with Gasteiger partial charge in [0.1, 0.15) is 17.5 Å². The minimum atomic E-state index is -0.495. The minimum absolute atomic E-state index is 0.108. The first-order valence-corrected chi connectivity index (χ1v) is 6.01. The van der Waals surface area contributed by atoms with Crippen molar-refractivity contribution < 1.29 is 9.84 Å². The second kappa shape index (κ2) is 5.88. The average molecular weight is 245 g/mol. The first-order chi connectivity index (χ1) is 7.58. The second-order valence-corrected chi connectivity index (χ2v) is 4.12. The second-order valence-electron chi connectivity index (χ2n) is 3.13. The van der Waals surface area contributed by atoms with E-state index in [1.54, 1.807) is 6.92 Å². The van der Waals surface area contributed by atoms with Gasteiger partial charge in [0, 0.05) is 6.20 Å². The number of thioether (sulfide) groups is 1. The van der Waals surface area contributed by atoms with Gasteiger partial charge in [-0.3, -0.25) is 4.57 Å². The molecule has 0 fully saturated rings. The van der Waals surface area contributed by atoms with Crippen LogP contribution in [-0.4, -0.2) is 33.0 Å². The van der Waals surface area contributed by atoms with Crippen LogP contribution in [0.4, 0.5) is 5.82 Å². The zero-order valence-corrected chi connectivity index (χ0v) is 9.98. The third-order valence-corrected chi connectivity index (χ3v) is 2.79. The molecule has 6 nitrogen and oxygen atoms in total. The number of nitrogen functional groups attached to an aromatic ring is 1. The van der Waals surface area contributed by atoms with Crippen LogP contribution in [0.1, 0.15) is 13.2 Å². The molecule has 0 radical (unpaired) electrons. The lowest BCUT2D eigenvalue weighted by Crippen LogP contribution is -2.29. The highest BCUT2D eigenvalue weighted by Gasteiger charge is 2.13. The molecule has 3 N–H and O–H groups in total. The Labute approximate surface area is 97.4 Å². The van der Waals surface area contributed by atoms with Crippen molar-refractivity contribution in [2.45, 2.75) is 18.6 Å². The fourth-order valence-electron chi connectivity index (χ4n) is 1.16. The van der Waals surface area contributed by atoms with Crippen molar-refractivity contribution in [1.29, 1.82) is 0 Å². The van der Waals surface area contributed by atoms with Gasteiger partial charge in [0.2, 0.25) is 0 Å². The monoisotopic (exact) mass is 245 g/mol. The molecule has 7 heteroatoms. The van der Waals surface area contributed by atoms with Crippen LogP contribution in [0.3, 0.4) is 0 Å². The van der Waals surface area contributed by atoms with Crippen LogP contribution in [0, 0.1) is 0 Å². The molecule has 2 unspecified atom stereocenters. The van der Waals surface area contributed by atoms with Gasteiger partial charge >= 0.3 is 5.69 Å². The molecule has 0 saturated carbocycles. The smallest absolute Gasteiger partial charge is 0.351 e. The molecule has 1 aromatic heterocycles. The highest BCUT2D eigenvalue weighted by molar-refractivity contribution is 7.99. The Morgan fingerprint density at radius 2 is 2.44 bits per heavy atom. The Balaban J connectivity index is 2.80. The van der Waals surface area contributed by atoms with Gasteiger partial charge in [0.15, 0.2) is 0 Å². The van der Waals surface area contributed by atoms with E-state index in [1.807, 2.05) is 6.26 Å². The van der Waals surface area contributed by atoms with Crippen molar-refractivity contribution in [3.8, 4) is 0 Å². The van der Waals surface area contributed by atoms with Gasteiger partial charge in [-0.25, -0.2) is 4.79 Å². The molecule has 0 aliphatic heterocycles. The summed E-state index contributed by atoms with van der Waals surface area (Å²) >= 11 is 1.37. The lowest BCUT2D eigenvalue weighted by Gasteiger charge is -2.20. The maximum atomic E-state index is 11.5. The van der Waals surface area contributed by atoms with Crippen molar-refractivity contribution in [1.82, 2.24) is 9.55 Å². The minimum Gasteiger partial charge on any atom is -0.393 e. The van der Waals surface area contributed by atoms with E-state index in [2.05, 4.69) is 4.98 Å². The molecular formula is C9H15N3O3S. The van der Waals surface area contributed by atoms with Crippen molar-refractivity contribution in [2.24, 2.45) is 0 Å². The maximum Gasteiger partial charge on any atom is 0.351 e. The molecule has 0 bridgehead atoms. The quantitative estimate of drug-likeness (QED) is 0.712. The number of rotatable bonds is 5. The third kappa shape index (κ3) is 3.22. The Bertz CT molecular complexity index is 392. The number of ether oxygens (including phenoxy) is 1. The van der Waals surface area contributed by atoms with Crippen LogP contribution >= 0.6 is 11.8 Å². The van der Waals surface area contributed by atoms with Crippen LogP contribution in [-0.2, 0) is 4.74 Å². The lowest BCUT2D eigenvalue weighted by atomic mass is 10.5. The summed E-state index contributed by atoms with van der Waals surface area (Å²) < 4.78 is 6.77. The van der Waals surface area contributed by atoms with Gasteiger partial charge in [-0.05, 0) is 19.2 Å². The maximum absolute atomic E-state index is 11.5. The van der Waals surface area contributed by atoms with E-state index in [4.69, 9.17) is 15.6 Å². The summed E-state index contributed by atoms with van der Waals surface area (Å²) in [6.07, 6.45) is 2.84. The standard InChI is InChI=1S/C9H15N3O3S/c1-6(15-8(5-13)16-2)12-4-3-7(10)11-9(12)14/h3-4,6,8,13H,5H2,1-2H3,(H2,10,11,14). The molecular weight excluding hydrogens is 230 g/mol. The van der Waals surface area contributed by atoms with E-state index in [1.165, 1.54) is 28.6 Å². The molecule has 1 heterocycles. The summed E-state index contributed by atoms with van der Waals surface area (Å²) in [4.78, 5) is 15.1. The Hall–Kier alpha value is -1.05. The van der Waals surface area contributed by atoms with E-state index < -0.39 is 11.9 Å². The lowest BCUT2D eigenvalue weighted by molar-refractivity contribution is -0.0240. The van der Waals surface area contributed by atoms with Gasteiger partial charge in [-0.1, -0.05) is 0 Å². The molecule has 2 atom stereocenters. The molecule has 1 rings (SSSR count). The van der Waals surface area contributed by atoms with E-state index in [0.29, 0.717) is 0 Å². The van der Waals surface area contributed by atoms with E-state index in [9.17, 15) is 4.79 Å². The number of aromatic nitrogens is 2. The molecule has 0 saturated heterocycles. The number of aliphatic hydroxyl groups excluding tert-OH is 1. The molecule has 0 aromatic carbocycles. The number of hydrogen-bond donors (Lipinski definition) is 2. The highest BCUT2D eigenvalue weighted by atomic mass is 32.2. The third-order valence-electron chi connectivity index (χ3n) is 2.00. The summed E-state index contributed by atoms with van der Waals surface area (Å²) in [5, 5.41) is 8.97. The van der Waals surface area contributed by atoms with Gasteiger partial charge in [-0.2, -0.15) is 4.98 Å². The number of nitrogens with two attached hydrogens (primary N) is 1. The summed E-state index contributed by atoms with van der Waals surface area (Å²) in [5.74, 6) is 0.178. The summed E-state index contributed by atoms with van der Waals surface area (Å²) in [5.41, 5.74) is 4.54. The Morgan fingerprint density at radius 3 is 2.94 bits per heavy atom. The predicted molar refractivity (Wildman–Crippen MR) is 63.1 cm³/mol.